The van der Waals surface area contributed by atoms with Gasteiger partial charge >= 0.3 is 0 Å². The fourth-order valence-corrected chi connectivity index (χ4v) is 3.56. The molecule has 0 spiro atoms. The molecule has 0 radical (unpaired) electrons. The minimum atomic E-state index is -4.96. The van der Waals surface area contributed by atoms with Gasteiger partial charge in [0.25, 0.3) is 0 Å². The zero-order chi connectivity index (χ0) is 11.3. The maximum atomic E-state index is 13.4. The Hall–Kier alpha value is -2.23. The monoisotopic (exact) mass is 772 g/mol. The molecule has 3 nitrogen and oxygen atoms in total. The van der Waals surface area contributed by atoms with Crippen molar-refractivity contribution in [2.24, 2.45) is 17.8 Å². The van der Waals surface area contributed by atoms with E-state index in [2.05, 4.69) is 0 Å². The van der Waals surface area contributed by atoms with E-state index in [1.165, 1.54) is 0 Å². The third-order valence-electron chi connectivity index (χ3n) is 3.53. The Morgan fingerprint density at radius 1 is 1.18 bits per heavy atom. The van der Waals surface area contributed by atoms with Gasteiger partial charge in [0.1, 0.15) is 5.92 Å². The second-order valence-electron chi connectivity index (χ2n) is 4.57. The van der Waals surface area contributed by atoms with E-state index < -0.39 is 22.0 Å². The van der Waals surface area contributed by atoms with Crippen molar-refractivity contribution in [3.8, 4) is 0 Å². The van der Waals surface area contributed by atoms with E-state index in [-0.39, 0.29) is 11.7 Å². The van der Waals surface area contributed by atoms with Gasteiger partial charge in [0, 0.05) is 0 Å². The molecule has 2 saturated carbocycles. The molecular formula is C9H12F2O3Rf2S-2. The first kappa shape index (κ1) is 14.8. The molecule has 2 bridgehead atoms. The smallest absolute Gasteiger partial charge is 0.147 e. The van der Waals surface area contributed by atoms with Gasteiger partial charge in [-0.05, 0) is 47.1 Å². The molecule has 2 fully saturated rings. The SMILES string of the molecule is O=S(=O)([O-])[CH-]C(F)(F)C1CC2CCC1C2.[Rf].[Rf]. The predicted molar refractivity (Wildman–Crippen MR) is 47.9 cm³/mol. The third kappa shape index (κ3) is 2.66. The van der Waals surface area contributed by atoms with Gasteiger partial charge in [0.15, 0.2) is 0 Å². The van der Waals surface area contributed by atoms with Crippen LogP contribution in [0.1, 0.15) is 25.7 Å². The van der Waals surface area contributed by atoms with E-state index in [4.69, 9.17) is 0 Å². The van der Waals surface area contributed by atoms with E-state index in [1.807, 2.05) is 0 Å². The molecule has 0 aliphatic heterocycles. The van der Waals surface area contributed by atoms with E-state index >= 15 is 0 Å². The number of hydrogen-bond acceptors (Lipinski definition) is 3. The molecule has 0 heterocycles. The zero-order valence-electron chi connectivity index (χ0n) is 9.44. The number of fused-ring (bicyclic) bond motifs is 2. The molecule has 92 valence electrons. The third-order valence-corrected chi connectivity index (χ3v) is 4.14. The molecule has 0 amide bonds. The Kier molecular flexibility index (Phi) is 3.45. The van der Waals surface area contributed by atoms with Gasteiger partial charge in [-0.2, -0.15) is 5.75 Å². The topological polar surface area (TPSA) is 57.2 Å². The van der Waals surface area contributed by atoms with Gasteiger partial charge in [-0.3, -0.25) is 8.42 Å². The molecule has 2 rings (SSSR count). The fraction of sp³-hybridized carbons (Fsp3) is 0.889. The standard InChI is InChI=1S/C9H13F2O3S.2Rf/c10-9(11,5-15(12,13)14)8-4-6-1-2-7(8)3-6;;/h5-8H,1-4H2,(H,12,13,14);;/q-1;;/p-1. The maximum Gasteiger partial charge on any atom is 0.147 e. The summed E-state index contributed by atoms with van der Waals surface area (Å²) in [5.74, 6) is -4.53. The normalized spacial score (nSPS) is 31.8. The number of rotatable bonds is 3. The number of halogens is 2. The summed E-state index contributed by atoms with van der Waals surface area (Å²) in [6.45, 7) is 0. The van der Waals surface area contributed by atoms with Gasteiger partial charge in [0.2, 0.25) is 0 Å². The molecule has 2 aliphatic rings. The molecule has 0 saturated heterocycles. The van der Waals surface area contributed by atoms with Crippen molar-refractivity contribution in [1.29, 1.82) is 0 Å². The number of hydrogen-bond donors (Lipinski definition) is 0. The van der Waals surface area contributed by atoms with Crippen LogP contribution < -0.4 is 0 Å². The van der Waals surface area contributed by atoms with Crippen molar-refractivity contribution < 1.29 is 21.8 Å². The van der Waals surface area contributed by atoms with Crippen molar-refractivity contribution in [3.05, 3.63) is 5.75 Å². The molecule has 17 heavy (non-hydrogen) atoms. The van der Waals surface area contributed by atoms with Gasteiger partial charge in [-0.15, -0.1) is 0 Å². The average molecular weight is 772 g/mol. The molecule has 0 aromatic rings. The summed E-state index contributed by atoms with van der Waals surface area (Å²) in [6, 6.07) is 0. The van der Waals surface area contributed by atoms with Crippen molar-refractivity contribution in [2.45, 2.75) is 31.6 Å². The number of alkyl halides is 2. The van der Waals surface area contributed by atoms with E-state index in [9.17, 15) is 21.8 Å². The Morgan fingerprint density at radius 3 is 2.12 bits per heavy atom. The first-order valence-corrected chi connectivity index (χ1v) is 6.45. The van der Waals surface area contributed by atoms with Crippen LogP contribution in [-0.2, 0) is 10.1 Å². The van der Waals surface area contributed by atoms with E-state index in [1.54, 1.807) is 0 Å². The molecule has 2 aliphatic carbocycles. The van der Waals surface area contributed by atoms with Crippen molar-refractivity contribution >= 4 is 10.1 Å². The molecule has 3 unspecified atom stereocenters. The van der Waals surface area contributed by atoms with Crippen molar-refractivity contribution in [2.75, 3.05) is 0 Å². The molecule has 3 atom stereocenters. The zero-order valence-corrected chi connectivity index (χ0v) is 23.1. The van der Waals surface area contributed by atoms with Crippen LogP contribution in [-0.4, -0.2) is 18.9 Å². The minimum Gasteiger partial charge on any atom is -0.774 e. The summed E-state index contributed by atoms with van der Waals surface area (Å²) >= 11 is 0. The van der Waals surface area contributed by atoms with Crippen LogP contribution in [0.25, 0.3) is 0 Å². The molecular weight excluding hydrogens is 760 g/mol. The van der Waals surface area contributed by atoms with Gasteiger partial charge in [0.05, 0.1) is 0 Å². The van der Waals surface area contributed by atoms with Gasteiger partial charge in [-0.25, -0.2) is 8.78 Å². The quantitative estimate of drug-likeness (QED) is 0.325. The minimum absolute atomic E-state index is 0. The Morgan fingerprint density at radius 2 is 1.76 bits per heavy atom. The average Bonchev–Trinajstić information content (AvgIpc) is 2.58. The van der Waals surface area contributed by atoms with Gasteiger partial charge in [-0.1, -0.05) is 6.42 Å². The Balaban J connectivity index is 0.00000128. The predicted octanol–water partition coefficient (Wildman–Crippen LogP) is 1.76. The van der Waals surface area contributed by atoms with Crippen LogP contribution >= 0.6 is 0 Å². The maximum absolute atomic E-state index is 13.4. The van der Waals surface area contributed by atoms with Crippen LogP contribution in [0.4, 0.5) is 8.78 Å². The first-order chi connectivity index (χ1) is 6.78. The Labute approximate surface area is 87.6 Å². The van der Waals surface area contributed by atoms with Crippen LogP contribution in [0.3, 0.4) is 0 Å². The first-order valence-electron chi connectivity index (χ1n) is 4.97. The second-order valence-corrected chi connectivity index (χ2v) is 5.79. The summed E-state index contributed by atoms with van der Waals surface area (Å²) < 4.78 is 57.9. The van der Waals surface area contributed by atoms with Crippen molar-refractivity contribution in [3.63, 3.8) is 0 Å². The molecule has 0 N–H and O–H groups in total. The second kappa shape index (κ2) is 3.97. The molecule has 8 heteroatoms. The van der Waals surface area contributed by atoms with E-state index in [0.717, 1.165) is 19.3 Å². The summed E-state index contributed by atoms with van der Waals surface area (Å²) in [7, 11) is -4.96. The van der Waals surface area contributed by atoms with Crippen LogP contribution in [0.2, 0.25) is 0 Å². The molecule has 0 aromatic heterocycles. The van der Waals surface area contributed by atoms with Crippen LogP contribution in [0.15, 0.2) is 0 Å². The molecule has 0 aromatic carbocycles. The van der Waals surface area contributed by atoms with Crippen LogP contribution in [0, 0.1) is 23.5 Å². The largest absolute Gasteiger partial charge is 0.774 e. The van der Waals surface area contributed by atoms with Crippen molar-refractivity contribution in [1.82, 2.24) is 0 Å². The fourth-order valence-electron chi connectivity index (χ4n) is 3.00. The van der Waals surface area contributed by atoms with Crippen LogP contribution in [0.5, 0.6) is 0 Å². The summed E-state index contributed by atoms with van der Waals surface area (Å²) in [4.78, 5) is 0. The van der Waals surface area contributed by atoms with E-state index in [0.29, 0.717) is 12.3 Å². The van der Waals surface area contributed by atoms with Gasteiger partial charge < -0.3 is 4.55 Å². The summed E-state index contributed by atoms with van der Waals surface area (Å²) in [5, 5.41) is 0. The summed E-state index contributed by atoms with van der Waals surface area (Å²) in [5.41, 5.74) is 0. The Bertz CT molecular complexity index is 361. The summed E-state index contributed by atoms with van der Waals surface area (Å²) in [6.07, 6.45) is 2.80.